The summed E-state index contributed by atoms with van der Waals surface area (Å²) in [5.41, 5.74) is -0.453. The SMILES string of the molecule is CC1(C)CC(C(=O)CC2CCNCC2)C(C)(C)O1. The molecule has 0 aromatic heterocycles. The lowest BCUT2D eigenvalue weighted by molar-refractivity contribution is -0.130. The lowest BCUT2D eigenvalue weighted by Gasteiger charge is -2.28. The predicted octanol–water partition coefficient (Wildman–Crippen LogP) is 2.54. The highest BCUT2D eigenvalue weighted by molar-refractivity contribution is 5.82. The van der Waals surface area contributed by atoms with E-state index in [1.54, 1.807) is 0 Å². The molecule has 0 bridgehead atoms. The number of hydrogen-bond acceptors (Lipinski definition) is 3. The van der Waals surface area contributed by atoms with E-state index in [0.29, 0.717) is 11.7 Å². The molecule has 0 spiro atoms. The Balaban J connectivity index is 1.96. The highest BCUT2D eigenvalue weighted by atomic mass is 16.5. The zero-order valence-corrected chi connectivity index (χ0v) is 12.2. The molecule has 104 valence electrons. The van der Waals surface area contributed by atoms with Crippen molar-refractivity contribution in [2.45, 2.75) is 64.6 Å². The maximum Gasteiger partial charge on any atom is 0.139 e. The highest BCUT2D eigenvalue weighted by Crippen LogP contribution is 2.43. The summed E-state index contributed by atoms with van der Waals surface area (Å²) in [6.45, 7) is 10.4. The van der Waals surface area contributed by atoms with Gasteiger partial charge in [0.05, 0.1) is 11.2 Å². The summed E-state index contributed by atoms with van der Waals surface area (Å²) >= 11 is 0. The monoisotopic (exact) mass is 253 g/mol. The number of carbonyl (C=O) groups is 1. The van der Waals surface area contributed by atoms with Crippen LogP contribution in [0.3, 0.4) is 0 Å². The number of Topliss-reactive ketones (excluding diaryl/α,β-unsaturated/α-hetero) is 1. The molecular weight excluding hydrogens is 226 g/mol. The third-order valence-corrected chi connectivity index (χ3v) is 4.41. The van der Waals surface area contributed by atoms with Gasteiger partial charge in [0.1, 0.15) is 5.78 Å². The minimum absolute atomic E-state index is 0.0717. The third-order valence-electron chi connectivity index (χ3n) is 4.41. The maximum absolute atomic E-state index is 12.5. The highest BCUT2D eigenvalue weighted by Gasteiger charge is 2.49. The van der Waals surface area contributed by atoms with Gasteiger partial charge in [0.2, 0.25) is 0 Å². The topological polar surface area (TPSA) is 38.3 Å². The molecule has 0 amide bonds. The van der Waals surface area contributed by atoms with Crippen molar-refractivity contribution < 1.29 is 9.53 Å². The maximum atomic E-state index is 12.5. The van der Waals surface area contributed by atoms with Gasteiger partial charge < -0.3 is 10.1 Å². The Bertz CT molecular complexity index is 316. The van der Waals surface area contributed by atoms with Crippen LogP contribution in [-0.2, 0) is 9.53 Å². The molecule has 0 saturated carbocycles. The summed E-state index contributed by atoms with van der Waals surface area (Å²) in [5, 5.41) is 3.35. The first-order valence-electron chi connectivity index (χ1n) is 7.24. The average molecular weight is 253 g/mol. The molecule has 0 aromatic rings. The molecule has 2 saturated heterocycles. The van der Waals surface area contributed by atoms with E-state index in [1.807, 2.05) is 0 Å². The van der Waals surface area contributed by atoms with Gasteiger partial charge in [-0.2, -0.15) is 0 Å². The van der Waals surface area contributed by atoms with E-state index in [-0.39, 0.29) is 17.1 Å². The van der Waals surface area contributed by atoms with Crippen molar-refractivity contribution in [1.82, 2.24) is 5.32 Å². The van der Waals surface area contributed by atoms with Gasteiger partial charge in [0, 0.05) is 12.3 Å². The van der Waals surface area contributed by atoms with Crippen molar-refractivity contribution >= 4 is 5.78 Å². The summed E-state index contributed by atoms with van der Waals surface area (Å²) in [4.78, 5) is 12.5. The van der Waals surface area contributed by atoms with Gasteiger partial charge in [-0.1, -0.05) is 0 Å². The van der Waals surface area contributed by atoms with Crippen molar-refractivity contribution in [2.24, 2.45) is 11.8 Å². The second-order valence-electron chi connectivity index (χ2n) is 7.09. The van der Waals surface area contributed by atoms with E-state index in [0.717, 1.165) is 38.8 Å². The number of ether oxygens (including phenoxy) is 1. The van der Waals surface area contributed by atoms with Crippen molar-refractivity contribution in [2.75, 3.05) is 13.1 Å². The van der Waals surface area contributed by atoms with Crippen LogP contribution in [0.5, 0.6) is 0 Å². The first-order valence-corrected chi connectivity index (χ1v) is 7.24. The summed E-state index contributed by atoms with van der Waals surface area (Å²) in [6, 6.07) is 0. The van der Waals surface area contributed by atoms with Gasteiger partial charge in [0.25, 0.3) is 0 Å². The molecule has 18 heavy (non-hydrogen) atoms. The first kappa shape index (κ1) is 14.0. The minimum Gasteiger partial charge on any atom is -0.369 e. The lowest BCUT2D eigenvalue weighted by atomic mass is 9.79. The fourth-order valence-electron chi connectivity index (χ4n) is 3.58. The van der Waals surface area contributed by atoms with Crippen molar-refractivity contribution in [1.29, 1.82) is 0 Å². The van der Waals surface area contributed by atoms with E-state index in [9.17, 15) is 4.79 Å². The number of ketones is 1. The number of rotatable bonds is 3. The molecule has 0 aliphatic carbocycles. The van der Waals surface area contributed by atoms with Crippen LogP contribution in [0, 0.1) is 11.8 Å². The average Bonchev–Trinajstić information content (AvgIpc) is 2.48. The molecule has 0 radical (unpaired) electrons. The fourth-order valence-corrected chi connectivity index (χ4v) is 3.58. The Morgan fingerprint density at radius 3 is 2.33 bits per heavy atom. The van der Waals surface area contributed by atoms with Crippen LogP contribution in [-0.4, -0.2) is 30.1 Å². The molecule has 1 unspecified atom stereocenters. The second kappa shape index (κ2) is 4.93. The molecule has 2 fully saturated rings. The van der Waals surface area contributed by atoms with Gasteiger partial charge in [-0.15, -0.1) is 0 Å². The normalized spacial score (nSPS) is 31.4. The van der Waals surface area contributed by atoms with E-state index in [2.05, 4.69) is 33.0 Å². The minimum atomic E-state index is -0.298. The van der Waals surface area contributed by atoms with Crippen LogP contribution >= 0.6 is 0 Å². The van der Waals surface area contributed by atoms with Crippen LogP contribution in [0.15, 0.2) is 0 Å². The Hall–Kier alpha value is -0.410. The van der Waals surface area contributed by atoms with Gasteiger partial charge in [-0.3, -0.25) is 4.79 Å². The molecule has 2 rings (SSSR count). The number of nitrogens with one attached hydrogen (secondary N) is 1. The van der Waals surface area contributed by atoms with Crippen molar-refractivity contribution in [3.8, 4) is 0 Å². The Kier molecular flexibility index (Phi) is 3.84. The number of piperidine rings is 1. The molecular formula is C15H27NO2. The predicted molar refractivity (Wildman–Crippen MR) is 72.6 cm³/mol. The molecule has 0 aromatic carbocycles. The summed E-state index contributed by atoms with van der Waals surface area (Å²) in [7, 11) is 0. The largest absolute Gasteiger partial charge is 0.369 e. The summed E-state index contributed by atoms with van der Waals surface area (Å²) in [6.07, 6.45) is 3.89. The zero-order valence-electron chi connectivity index (χ0n) is 12.2. The molecule has 1 atom stereocenters. The molecule has 2 heterocycles. The van der Waals surface area contributed by atoms with Crippen LogP contribution in [0.2, 0.25) is 0 Å². The number of carbonyl (C=O) groups excluding carboxylic acids is 1. The third kappa shape index (κ3) is 3.12. The fraction of sp³-hybridized carbons (Fsp3) is 0.933. The molecule has 2 aliphatic rings. The zero-order chi connectivity index (χ0) is 13.4. The van der Waals surface area contributed by atoms with Crippen molar-refractivity contribution in [3.05, 3.63) is 0 Å². The van der Waals surface area contributed by atoms with Gasteiger partial charge >= 0.3 is 0 Å². The van der Waals surface area contributed by atoms with Gasteiger partial charge in [-0.25, -0.2) is 0 Å². The lowest BCUT2D eigenvalue weighted by Crippen LogP contribution is -2.36. The van der Waals surface area contributed by atoms with Gasteiger partial charge in [-0.05, 0) is 66.0 Å². The molecule has 3 nitrogen and oxygen atoms in total. The molecule has 3 heteroatoms. The Labute approximate surface area is 111 Å². The standard InChI is InChI=1S/C15H27NO2/c1-14(2)10-12(15(3,4)18-14)13(17)9-11-5-7-16-8-6-11/h11-12,16H,5-10H2,1-4H3. The van der Waals surface area contributed by atoms with Crippen LogP contribution in [0.1, 0.15) is 53.4 Å². The van der Waals surface area contributed by atoms with E-state index in [1.165, 1.54) is 0 Å². The Morgan fingerprint density at radius 1 is 1.22 bits per heavy atom. The van der Waals surface area contributed by atoms with E-state index < -0.39 is 0 Å². The quantitative estimate of drug-likeness (QED) is 0.840. The molecule has 2 aliphatic heterocycles. The van der Waals surface area contributed by atoms with Crippen molar-refractivity contribution in [3.63, 3.8) is 0 Å². The van der Waals surface area contributed by atoms with Gasteiger partial charge in [0.15, 0.2) is 0 Å². The van der Waals surface area contributed by atoms with Crippen LogP contribution < -0.4 is 5.32 Å². The summed E-state index contributed by atoms with van der Waals surface area (Å²) < 4.78 is 6.03. The smallest absolute Gasteiger partial charge is 0.139 e. The van der Waals surface area contributed by atoms with Crippen LogP contribution in [0.25, 0.3) is 0 Å². The molecule has 1 N–H and O–H groups in total. The second-order valence-corrected chi connectivity index (χ2v) is 7.09. The van der Waals surface area contributed by atoms with E-state index >= 15 is 0 Å². The summed E-state index contributed by atoms with van der Waals surface area (Å²) in [5.74, 6) is 1.07. The number of hydrogen-bond donors (Lipinski definition) is 1. The first-order chi connectivity index (χ1) is 8.30. The van der Waals surface area contributed by atoms with Crippen LogP contribution in [0.4, 0.5) is 0 Å². The van der Waals surface area contributed by atoms with E-state index in [4.69, 9.17) is 4.74 Å². The Morgan fingerprint density at radius 2 is 1.83 bits per heavy atom.